The molecule has 0 unspecified atom stereocenters. The Morgan fingerprint density at radius 3 is 2.55 bits per heavy atom. The Bertz CT molecular complexity index is 837. The SMILES string of the molecule is Cc1ccc(C)c(Nc2nc3ccc(C(F)(F)F)cc3s2)c1. The molecule has 0 amide bonds. The van der Waals surface area contributed by atoms with Crippen molar-refractivity contribution < 1.29 is 13.2 Å². The molecule has 2 nitrogen and oxygen atoms in total. The molecule has 114 valence electrons. The summed E-state index contributed by atoms with van der Waals surface area (Å²) >= 11 is 1.21. The van der Waals surface area contributed by atoms with E-state index >= 15 is 0 Å². The molecule has 0 atom stereocenters. The molecule has 6 heteroatoms. The van der Waals surface area contributed by atoms with Crippen LogP contribution in [0.1, 0.15) is 16.7 Å². The molecule has 22 heavy (non-hydrogen) atoms. The summed E-state index contributed by atoms with van der Waals surface area (Å²) in [4.78, 5) is 4.34. The molecular weight excluding hydrogens is 309 g/mol. The van der Waals surface area contributed by atoms with Crippen LogP contribution in [0.15, 0.2) is 36.4 Å². The van der Waals surface area contributed by atoms with Crippen LogP contribution in [0, 0.1) is 13.8 Å². The van der Waals surface area contributed by atoms with Crippen molar-refractivity contribution in [1.29, 1.82) is 0 Å². The number of hydrogen-bond acceptors (Lipinski definition) is 3. The lowest BCUT2D eigenvalue weighted by atomic mass is 10.1. The van der Waals surface area contributed by atoms with Crippen LogP contribution in [-0.2, 0) is 6.18 Å². The highest BCUT2D eigenvalue weighted by Crippen LogP contribution is 2.35. The van der Waals surface area contributed by atoms with Crippen molar-refractivity contribution in [3.63, 3.8) is 0 Å². The van der Waals surface area contributed by atoms with Crippen LogP contribution in [0.2, 0.25) is 0 Å². The number of fused-ring (bicyclic) bond motifs is 1. The number of nitrogens with one attached hydrogen (secondary N) is 1. The molecule has 0 spiro atoms. The van der Waals surface area contributed by atoms with Crippen LogP contribution in [0.4, 0.5) is 24.0 Å². The fourth-order valence-corrected chi connectivity index (χ4v) is 3.06. The van der Waals surface area contributed by atoms with E-state index in [0.717, 1.165) is 28.9 Å². The molecule has 1 heterocycles. The highest BCUT2D eigenvalue weighted by Gasteiger charge is 2.30. The van der Waals surface area contributed by atoms with Crippen LogP contribution in [0.3, 0.4) is 0 Å². The van der Waals surface area contributed by atoms with Gasteiger partial charge in [0.05, 0.1) is 15.8 Å². The molecule has 0 saturated carbocycles. The van der Waals surface area contributed by atoms with Gasteiger partial charge in [-0.3, -0.25) is 0 Å². The first kappa shape index (κ1) is 14.8. The summed E-state index contributed by atoms with van der Waals surface area (Å²) in [5, 5.41) is 3.77. The Morgan fingerprint density at radius 2 is 1.82 bits per heavy atom. The van der Waals surface area contributed by atoms with E-state index < -0.39 is 11.7 Å². The Labute approximate surface area is 129 Å². The van der Waals surface area contributed by atoms with Crippen LogP contribution in [0.5, 0.6) is 0 Å². The van der Waals surface area contributed by atoms with Gasteiger partial charge in [0, 0.05) is 5.69 Å². The first-order valence-corrected chi connectivity index (χ1v) is 7.46. The quantitative estimate of drug-likeness (QED) is 0.657. The molecule has 0 aliphatic carbocycles. The number of alkyl halides is 3. The number of benzene rings is 2. The van der Waals surface area contributed by atoms with Gasteiger partial charge in [0.1, 0.15) is 0 Å². The summed E-state index contributed by atoms with van der Waals surface area (Å²) in [6.45, 7) is 3.95. The molecule has 1 aromatic heterocycles. The highest BCUT2D eigenvalue weighted by molar-refractivity contribution is 7.22. The smallest absolute Gasteiger partial charge is 0.331 e. The summed E-state index contributed by atoms with van der Waals surface area (Å²) in [6, 6.07) is 9.59. The third-order valence-corrected chi connectivity index (χ3v) is 4.28. The third-order valence-electron chi connectivity index (χ3n) is 3.35. The number of anilines is 2. The van der Waals surface area contributed by atoms with Gasteiger partial charge in [-0.2, -0.15) is 13.2 Å². The molecule has 0 bridgehead atoms. The summed E-state index contributed by atoms with van der Waals surface area (Å²) in [5.41, 5.74) is 2.98. The summed E-state index contributed by atoms with van der Waals surface area (Å²) in [6.07, 6.45) is -4.33. The van der Waals surface area contributed by atoms with Gasteiger partial charge in [-0.05, 0) is 49.2 Å². The minimum Gasteiger partial charge on any atom is -0.331 e. The molecule has 0 radical (unpaired) electrons. The maximum Gasteiger partial charge on any atom is 0.416 e. The minimum atomic E-state index is -4.33. The Morgan fingerprint density at radius 1 is 1.05 bits per heavy atom. The maximum absolute atomic E-state index is 12.7. The second-order valence-electron chi connectivity index (χ2n) is 5.14. The van der Waals surface area contributed by atoms with Crippen molar-refractivity contribution in [2.24, 2.45) is 0 Å². The molecule has 0 fully saturated rings. The standard InChI is InChI=1S/C16H13F3N2S/c1-9-3-4-10(2)13(7-9)21-15-20-12-6-5-11(16(17,18)19)8-14(12)22-15/h3-8H,1-2H3,(H,20,21). The number of thiazole rings is 1. The largest absolute Gasteiger partial charge is 0.416 e. The number of hydrogen-bond donors (Lipinski definition) is 1. The van der Waals surface area contributed by atoms with E-state index in [0.29, 0.717) is 15.3 Å². The second kappa shape index (κ2) is 5.28. The molecule has 2 aromatic carbocycles. The predicted octanol–water partition coefficient (Wildman–Crippen LogP) is 5.68. The van der Waals surface area contributed by atoms with E-state index in [1.165, 1.54) is 17.4 Å². The number of halogens is 3. The van der Waals surface area contributed by atoms with Gasteiger partial charge in [0.25, 0.3) is 0 Å². The monoisotopic (exact) mass is 322 g/mol. The van der Waals surface area contributed by atoms with E-state index in [4.69, 9.17) is 0 Å². The average Bonchev–Trinajstić information content (AvgIpc) is 2.83. The molecule has 0 saturated heterocycles. The van der Waals surface area contributed by atoms with Gasteiger partial charge in [0.2, 0.25) is 0 Å². The van der Waals surface area contributed by atoms with Crippen molar-refractivity contribution >= 4 is 32.4 Å². The van der Waals surface area contributed by atoms with Gasteiger partial charge in [-0.1, -0.05) is 23.5 Å². The normalized spacial score (nSPS) is 11.9. The minimum absolute atomic E-state index is 0.516. The van der Waals surface area contributed by atoms with Gasteiger partial charge in [-0.15, -0.1) is 0 Å². The third kappa shape index (κ3) is 2.92. The molecule has 1 N–H and O–H groups in total. The lowest BCUT2D eigenvalue weighted by Gasteiger charge is -2.07. The summed E-state index contributed by atoms with van der Waals surface area (Å²) in [5.74, 6) is 0. The van der Waals surface area contributed by atoms with Crippen molar-refractivity contribution in [2.45, 2.75) is 20.0 Å². The zero-order valence-corrected chi connectivity index (χ0v) is 12.8. The van der Waals surface area contributed by atoms with E-state index in [2.05, 4.69) is 10.3 Å². The van der Waals surface area contributed by atoms with E-state index in [1.54, 1.807) is 0 Å². The fraction of sp³-hybridized carbons (Fsp3) is 0.188. The number of nitrogens with zero attached hydrogens (tertiary/aromatic N) is 1. The Balaban J connectivity index is 1.97. The zero-order valence-electron chi connectivity index (χ0n) is 12.0. The molecule has 0 aliphatic heterocycles. The molecule has 0 aliphatic rings. The van der Waals surface area contributed by atoms with Crippen LogP contribution in [0.25, 0.3) is 10.2 Å². The van der Waals surface area contributed by atoms with Gasteiger partial charge in [0.15, 0.2) is 5.13 Å². The molecule has 3 rings (SSSR count). The summed E-state index contributed by atoms with van der Waals surface area (Å²) in [7, 11) is 0. The fourth-order valence-electron chi connectivity index (χ4n) is 2.14. The van der Waals surface area contributed by atoms with Crippen LogP contribution < -0.4 is 5.32 Å². The second-order valence-corrected chi connectivity index (χ2v) is 6.17. The topological polar surface area (TPSA) is 24.9 Å². The van der Waals surface area contributed by atoms with E-state index in [-0.39, 0.29) is 0 Å². The van der Waals surface area contributed by atoms with Crippen LogP contribution >= 0.6 is 11.3 Å². The van der Waals surface area contributed by atoms with E-state index in [1.807, 2.05) is 32.0 Å². The van der Waals surface area contributed by atoms with Crippen LogP contribution in [-0.4, -0.2) is 4.98 Å². The number of rotatable bonds is 2. The Kier molecular flexibility index (Phi) is 3.56. The van der Waals surface area contributed by atoms with Crippen molar-refractivity contribution in [3.05, 3.63) is 53.1 Å². The summed E-state index contributed by atoms with van der Waals surface area (Å²) < 4.78 is 38.7. The number of aromatic nitrogens is 1. The first-order chi connectivity index (χ1) is 10.3. The lowest BCUT2D eigenvalue weighted by Crippen LogP contribution is -2.03. The number of aryl methyl sites for hydroxylation is 2. The van der Waals surface area contributed by atoms with E-state index in [9.17, 15) is 13.2 Å². The van der Waals surface area contributed by atoms with Crippen molar-refractivity contribution in [1.82, 2.24) is 4.98 Å². The molecular formula is C16H13F3N2S. The molecule has 3 aromatic rings. The Hall–Kier alpha value is -2.08. The van der Waals surface area contributed by atoms with Crippen molar-refractivity contribution in [2.75, 3.05) is 5.32 Å². The van der Waals surface area contributed by atoms with Gasteiger partial charge in [-0.25, -0.2) is 4.98 Å². The van der Waals surface area contributed by atoms with Gasteiger partial charge >= 0.3 is 6.18 Å². The zero-order chi connectivity index (χ0) is 15.9. The first-order valence-electron chi connectivity index (χ1n) is 6.65. The lowest BCUT2D eigenvalue weighted by molar-refractivity contribution is -0.137. The van der Waals surface area contributed by atoms with Crippen molar-refractivity contribution in [3.8, 4) is 0 Å². The highest BCUT2D eigenvalue weighted by atomic mass is 32.1. The maximum atomic E-state index is 12.7. The average molecular weight is 322 g/mol. The van der Waals surface area contributed by atoms with Gasteiger partial charge < -0.3 is 5.32 Å². The predicted molar refractivity (Wildman–Crippen MR) is 83.8 cm³/mol.